The van der Waals surface area contributed by atoms with Crippen molar-refractivity contribution in [1.29, 1.82) is 0 Å². The van der Waals surface area contributed by atoms with Gasteiger partial charge in [-0.3, -0.25) is 9.59 Å². The summed E-state index contributed by atoms with van der Waals surface area (Å²) in [6.07, 6.45) is 0. The van der Waals surface area contributed by atoms with Gasteiger partial charge in [0.15, 0.2) is 0 Å². The summed E-state index contributed by atoms with van der Waals surface area (Å²) in [6, 6.07) is 10.9. The van der Waals surface area contributed by atoms with Gasteiger partial charge in [-0.15, -0.1) is 0 Å². The zero-order valence-electron chi connectivity index (χ0n) is 13.9. The van der Waals surface area contributed by atoms with Crippen LogP contribution in [0.3, 0.4) is 0 Å². The predicted molar refractivity (Wildman–Crippen MR) is 97.3 cm³/mol. The highest BCUT2D eigenvalue weighted by molar-refractivity contribution is 9.10. The average molecular weight is 409 g/mol. The molecule has 2 rings (SSSR count). The molecule has 0 unspecified atom stereocenters. The molecule has 0 heterocycles. The first-order valence-electron chi connectivity index (χ1n) is 7.63. The highest BCUT2D eigenvalue weighted by Gasteiger charge is 2.20. The molecule has 0 saturated carbocycles. The molecule has 0 fully saturated rings. The zero-order chi connectivity index (χ0) is 18.4. The Morgan fingerprint density at radius 3 is 2.64 bits per heavy atom. The maximum Gasteiger partial charge on any atom is 0.255 e. The molecule has 2 aromatic carbocycles. The van der Waals surface area contributed by atoms with Gasteiger partial charge in [0.25, 0.3) is 5.91 Å². The Balaban J connectivity index is 2.12. The number of amides is 2. The summed E-state index contributed by atoms with van der Waals surface area (Å²) in [5.41, 5.74) is 0.692. The highest BCUT2D eigenvalue weighted by atomic mass is 79.9. The number of carbonyl (C=O) groups excluding carboxylic acids is 2. The zero-order valence-corrected chi connectivity index (χ0v) is 15.5. The van der Waals surface area contributed by atoms with Crippen molar-refractivity contribution >= 4 is 33.4 Å². The van der Waals surface area contributed by atoms with Crippen molar-refractivity contribution < 1.29 is 18.7 Å². The molecule has 5 nitrogen and oxygen atoms in total. The number of nitrogens with one attached hydrogen (secondary N) is 1. The summed E-state index contributed by atoms with van der Waals surface area (Å²) < 4.78 is 19.1. The molecule has 132 valence electrons. The van der Waals surface area contributed by atoms with Crippen LogP contribution in [-0.2, 0) is 4.79 Å². The summed E-state index contributed by atoms with van der Waals surface area (Å²) in [7, 11) is 1.51. The van der Waals surface area contributed by atoms with Crippen molar-refractivity contribution in [3.8, 4) is 5.75 Å². The van der Waals surface area contributed by atoms with E-state index in [9.17, 15) is 14.0 Å². The normalized spacial score (nSPS) is 10.2. The summed E-state index contributed by atoms with van der Waals surface area (Å²) >= 11 is 3.24. The van der Waals surface area contributed by atoms with Gasteiger partial charge in [0.2, 0.25) is 5.91 Å². The van der Waals surface area contributed by atoms with Gasteiger partial charge in [0.1, 0.15) is 18.1 Å². The monoisotopic (exact) mass is 408 g/mol. The van der Waals surface area contributed by atoms with Crippen molar-refractivity contribution in [3.05, 3.63) is 58.3 Å². The van der Waals surface area contributed by atoms with Crippen molar-refractivity contribution in [2.24, 2.45) is 0 Å². The van der Waals surface area contributed by atoms with E-state index >= 15 is 0 Å². The van der Waals surface area contributed by atoms with Crippen LogP contribution < -0.4 is 10.1 Å². The molecule has 0 aromatic heterocycles. The van der Waals surface area contributed by atoms with Crippen LogP contribution in [0.5, 0.6) is 5.75 Å². The lowest BCUT2D eigenvalue weighted by atomic mass is 10.2. The highest BCUT2D eigenvalue weighted by Crippen LogP contribution is 2.23. The molecule has 1 N–H and O–H groups in total. The number of rotatable bonds is 6. The average Bonchev–Trinajstić information content (AvgIpc) is 2.61. The number of carbonyl (C=O) groups is 2. The van der Waals surface area contributed by atoms with Gasteiger partial charge in [-0.05, 0) is 53.2 Å². The van der Waals surface area contributed by atoms with Gasteiger partial charge >= 0.3 is 0 Å². The number of ether oxygens (including phenoxy) is 1. The van der Waals surface area contributed by atoms with Crippen LogP contribution >= 0.6 is 15.9 Å². The quantitative estimate of drug-likeness (QED) is 0.792. The fraction of sp³-hybridized carbons (Fsp3) is 0.222. The molecule has 0 bridgehead atoms. The number of likely N-dealkylation sites (N-methyl/N-ethyl adjacent to an activating group) is 1. The molecule has 0 radical (unpaired) electrons. The number of methoxy groups -OCH3 is 1. The maximum absolute atomic E-state index is 13.4. The molecule has 0 aliphatic rings. The Morgan fingerprint density at radius 2 is 1.96 bits per heavy atom. The van der Waals surface area contributed by atoms with E-state index in [0.29, 0.717) is 22.5 Å². The molecule has 25 heavy (non-hydrogen) atoms. The Hall–Kier alpha value is -2.41. The smallest absolute Gasteiger partial charge is 0.255 e. The Labute approximate surface area is 153 Å². The van der Waals surface area contributed by atoms with E-state index in [1.165, 1.54) is 24.1 Å². The van der Waals surface area contributed by atoms with E-state index in [4.69, 9.17) is 4.74 Å². The van der Waals surface area contributed by atoms with Gasteiger partial charge in [-0.25, -0.2) is 4.39 Å². The molecule has 0 spiro atoms. The molecule has 2 amide bonds. The van der Waals surface area contributed by atoms with Gasteiger partial charge in [-0.1, -0.05) is 12.1 Å². The molecule has 0 aliphatic carbocycles. The second kappa shape index (κ2) is 8.62. The van der Waals surface area contributed by atoms with Gasteiger partial charge in [0.05, 0.1) is 18.4 Å². The Bertz CT molecular complexity index is 783. The summed E-state index contributed by atoms with van der Waals surface area (Å²) in [4.78, 5) is 26.2. The maximum atomic E-state index is 13.4. The molecule has 2 aromatic rings. The number of para-hydroxylation sites is 2. The number of hydrogen-bond acceptors (Lipinski definition) is 3. The minimum Gasteiger partial charge on any atom is -0.495 e. The minimum atomic E-state index is -0.513. The van der Waals surface area contributed by atoms with Crippen LogP contribution in [0.1, 0.15) is 17.3 Å². The molecular weight excluding hydrogens is 391 g/mol. The third-order valence-corrected chi connectivity index (χ3v) is 4.23. The third-order valence-electron chi connectivity index (χ3n) is 3.54. The lowest BCUT2D eigenvalue weighted by Gasteiger charge is -2.21. The van der Waals surface area contributed by atoms with E-state index in [1.807, 2.05) is 0 Å². The van der Waals surface area contributed by atoms with Crippen LogP contribution in [0, 0.1) is 5.82 Å². The molecule has 0 atom stereocenters. The van der Waals surface area contributed by atoms with E-state index in [1.54, 1.807) is 31.2 Å². The summed E-state index contributed by atoms with van der Waals surface area (Å²) in [5.74, 6) is -0.782. The first-order chi connectivity index (χ1) is 12.0. The van der Waals surface area contributed by atoms with Crippen molar-refractivity contribution in [1.82, 2.24) is 4.90 Å². The number of hydrogen-bond donors (Lipinski definition) is 1. The van der Waals surface area contributed by atoms with Crippen molar-refractivity contribution in [2.75, 3.05) is 25.5 Å². The molecule has 0 saturated heterocycles. The lowest BCUT2D eigenvalue weighted by molar-refractivity contribution is -0.116. The molecule has 7 heteroatoms. The number of halogens is 2. The molecule has 0 aliphatic heterocycles. The summed E-state index contributed by atoms with van der Waals surface area (Å²) in [6.45, 7) is 1.90. The topological polar surface area (TPSA) is 58.6 Å². The second-order valence-corrected chi connectivity index (χ2v) is 6.05. The van der Waals surface area contributed by atoms with E-state index in [0.717, 1.165) is 6.07 Å². The fourth-order valence-electron chi connectivity index (χ4n) is 2.27. The Kier molecular flexibility index (Phi) is 6.52. The van der Waals surface area contributed by atoms with Crippen LogP contribution in [0.4, 0.5) is 10.1 Å². The Morgan fingerprint density at radius 1 is 1.24 bits per heavy atom. The number of nitrogens with zero attached hydrogens (tertiary/aromatic N) is 1. The van der Waals surface area contributed by atoms with Crippen LogP contribution in [0.2, 0.25) is 0 Å². The third kappa shape index (κ3) is 4.79. The van der Waals surface area contributed by atoms with Gasteiger partial charge in [-0.2, -0.15) is 0 Å². The van der Waals surface area contributed by atoms with Crippen LogP contribution in [0.15, 0.2) is 46.9 Å². The first-order valence-corrected chi connectivity index (χ1v) is 8.42. The SMILES string of the molecule is CCN(CC(=O)Nc1ccccc1OC)C(=O)c1cc(F)ccc1Br. The van der Waals surface area contributed by atoms with E-state index < -0.39 is 11.7 Å². The fourth-order valence-corrected chi connectivity index (χ4v) is 2.69. The standard InChI is InChI=1S/C18H18BrFN2O3/c1-3-22(18(24)13-10-12(20)8-9-14(13)19)11-17(23)21-15-6-4-5-7-16(15)25-2/h4-10H,3,11H2,1-2H3,(H,21,23). The van der Waals surface area contributed by atoms with Crippen molar-refractivity contribution in [3.63, 3.8) is 0 Å². The number of anilines is 1. The van der Waals surface area contributed by atoms with E-state index in [-0.39, 0.29) is 18.0 Å². The summed E-state index contributed by atoms with van der Waals surface area (Å²) in [5, 5.41) is 2.71. The second-order valence-electron chi connectivity index (χ2n) is 5.19. The van der Waals surface area contributed by atoms with Gasteiger partial charge < -0.3 is 15.0 Å². The lowest BCUT2D eigenvalue weighted by Crippen LogP contribution is -2.38. The van der Waals surface area contributed by atoms with Crippen LogP contribution in [-0.4, -0.2) is 36.9 Å². The van der Waals surface area contributed by atoms with Gasteiger partial charge in [0, 0.05) is 11.0 Å². The predicted octanol–water partition coefficient (Wildman–Crippen LogP) is 3.70. The molecular formula is C18H18BrFN2O3. The van der Waals surface area contributed by atoms with Crippen molar-refractivity contribution in [2.45, 2.75) is 6.92 Å². The largest absolute Gasteiger partial charge is 0.495 e. The first kappa shape index (κ1) is 18.9. The van der Waals surface area contributed by atoms with E-state index in [2.05, 4.69) is 21.2 Å². The minimum absolute atomic E-state index is 0.156. The number of benzene rings is 2. The van der Waals surface area contributed by atoms with Crippen LogP contribution in [0.25, 0.3) is 0 Å².